The maximum Gasteiger partial charge on any atom is 0.346 e. The van der Waals surface area contributed by atoms with Crippen molar-refractivity contribution in [1.82, 2.24) is 0 Å². The van der Waals surface area contributed by atoms with Crippen molar-refractivity contribution >= 4 is 6.08 Å². The van der Waals surface area contributed by atoms with E-state index in [9.17, 15) is 4.79 Å². The van der Waals surface area contributed by atoms with Gasteiger partial charge in [-0.05, 0) is 43.8 Å². The lowest BCUT2D eigenvalue weighted by Crippen LogP contribution is -2.49. The first-order chi connectivity index (χ1) is 9.91. The Bertz CT molecular complexity index is 626. The van der Waals surface area contributed by atoms with E-state index < -0.39 is 0 Å². The lowest BCUT2D eigenvalue weighted by molar-refractivity contribution is -0.0216. The van der Waals surface area contributed by atoms with Crippen LogP contribution in [0.15, 0.2) is 21.4 Å². The van der Waals surface area contributed by atoms with Gasteiger partial charge < -0.3 is 9.15 Å². The Morgan fingerprint density at radius 1 is 1.33 bits per heavy atom. The zero-order valence-corrected chi connectivity index (χ0v) is 13.3. The second kappa shape index (κ2) is 5.04. The first kappa shape index (κ1) is 14.4. The Kier molecular flexibility index (Phi) is 3.46. The molecular weight excluding hydrogens is 264 g/mol. The van der Waals surface area contributed by atoms with Gasteiger partial charge in [-0.2, -0.15) is 0 Å². The van der Waals surface area contributed by atoms with Crippen LogP contribution in [0.2, 0.25) is 0 Å². The SMILES string of the molecule is Cc1cc2c(c(=O)o1)C=C[C@]1(C[C@@H](C)CC[C@@H]1C(C)C)O2. The fourth-order valence-corrected chi connectivity index (χ4v) is 4.00. The van der Waals surface area contributed by atoms with Crippen LogP contribution in [0, 0.1) is 24.7 Å². The zero-order valence-electron chi connectivity index (χ0n) is 13.3. The number of ether oxygens (including phenoxy) is 1. The van der Waals surface area contributed by atoms with Crippen LogP contribution in [0.3, 0.4) is 0 Å². The highest BCUT2D eigenvalue weighted by Gasteiger charge is 2.46. The van der Waals surface area contributed by atoms with Crippen LogP contribution in [0.25, 0.3) is 6.08 Å². The lowest BCUT2D eigenvalue weighted by Gasteiger charge is -2.47. The zero-order chi connectivity index (χ0) is 15.2. The molecule has 0 saturated heterocycles. The molecule has 114 valence electrons. The predicted octanol–water partition coefficient (Wildman–Crippen LogP) is 4.18. The maximum atomic E-state index is 11.9. The summed E-state index contributed by atoms with van der Waals surface area (Å²) in [6.45, 7) is 8.61. The van der Waals surface area contributed by atoms with Gasteiger partial charge in [0.25, 0.3) is 0 Å². The number of fused-ring (bicyclic) bond motifs is 1. The minimum atomic E-state index is -0.305. The summed E-state index contributed by atoms with van der Waals surface area (Å²) in [5, 5.41) is 0. The molecule has 0 amide bonds. The van der Waals surface area contributed by atoms with Gasteiger partial charge in [-0.1, -0.05) is 27.2 Å². The molecule has 2 aliphatic rings. The Labute approximate surface area is 126 Å². The Morgan fingerprint density at radius 3 is 2.81 bits per heavy atom. The van der Waals surface area contributed by atoms with E-state index in [1.54, 1.807) is 6.92 Å². The molecule has 0 radical (unpaired) electrons. The molecule has 3 atom stereocenters. The second-order valence-electron chi connectivity index (χ2n) is 7.05. The van der Waals surface area contributed by atoms with Gasteiger partial charge in [-0.15, -0.1) is 0 Å². The van der Waals surface area contributed by atoms with E-state index >= 15 is 0 Å². The molecule has 0 unspecified atom stereocenters. The third-order valence-corrected chi connectivity index (χ3v) is 4.98. The molecule has 1 fully saturated rings. The van der Waals surface area contributed by atoms with Crippen molar-refractivity contribution in [3.8, 4) is 5.75 Å². The van der Waals surface area contributed by atoms with Gasteiger partial charge in [0.15, 0.2) is 0 Å². The normalized spacial score (nSPS) is 31.3. The molecule has 1 aliphatic carbocycles. The van der Waals surface area contributed by atoms with Crippen molar-refractivity contribution in [2.45, 2.75) is 52.6 Å². The van der Waals surface area contributed by atoms with Crippen LogP contribution in [-0.2, 0) is 0 Å². The van der Waals surface area contributed by atoms with E-state index in [1.165, 1.54) is 12.8 Å². The summed E-state index contributed by atoms with van der Waals surface area (Å²) < 4.78 is 11.6. The van der Waals surface area contributed by atoms with Crippen molar-refractivity contribution in [2.75, 3.05) is 0 Å². The summed E-state index contributed by atoms with van der Waals surface area (Å²) in [5.41, 5.74) is -0.0213. The smallest absolute Gasteiger partial charge is 0.346 e. The molecule has 2 heterocycles. The van der Waals surface area contributed by atoms with E-state index in [0.29, 0.717) is 34.8 Å². The maximum absolute atomic E-state index is 11.9. The Morgan fingerprint density at radius 2 is 2.10 bits per heavy atom. The molecule has 1 aliphatic heterocycles. The fourth-order valence-electron chi connectivity index (χ4n) is 4.00. The van der Waals surface area contributed by atoms with Crippen LogP contribution in [-0.4, -0.2) is 5.60 Å². The van der Waals surface area contributed by atoms with Gasteiger partial charge in [0.2, 0.25) is 0 Å². The first-order valence-corrected chi connectivity index (χ1v) is 7.94. The third kappa shape index (κ3) is 2.43. The number of aryl methyl sites for hydroxylation is 1. The van der Waals surface area contributed by atoms with E-state index in [4.69, 9.17) is 9.15 Å². The van der Waals surface area contributed by atoms with Crippen LogP contribution in [0.4, 0.5) is 0 Å². The summed E-state index contributed by atoms with van der Waals surface area (Å²) >= 11 is 0. The molecule has 3 nitrogen and oxygen atoms in total. The van der Waals surface area contributed by atoms with E-state index in [0.717, 1.165) is 6.42 Å². The van der Waals surface area contributed by atoms with Crippen LogP contribution >= 0.6 is 0 Å². The quantitative estimate of drug-likeness (QED) is 0.778. The van der Waals surface area contributed by atoms with Crippen molar-refractivity contribution < 1.29 is 9.15 Å². The Balaban J connectivity index is 2.05. The molecule has 1 saturated carbocycles. The van der Waals surface area contributed by atoms with E-state index in [2.05, 4.69) is 26.8 Å². The van der Waals surface area contributed by atoms with Gasteiger partial charge >= 0.3 is 5.63 Å². The van der Waals surface area contributed by atoms with Crippen LogP contribution in [0.5, 0.6) is 5.75 Å². The molecule has 0 N–H and O–H groups in total. The van der Waals surface area contributed by atoms with Gasteiger partial charge in [0, 0.05) is 12.0 Å². The lowest BCUT2D eigenvalue weighted by atomic mass is 9.66. The molecule has 0 aromatic carbocycles. The fraction of sp³-hybridized carbons (Fsp3) is 0.611. The van der Waals surface area contributed by atoms with Crippen molar-refractivity contribution in [2.24, 2.45) is 17.8 Å². The summed E-state index contributed by atoms with van der Waals surface area (Å²) in [5.74, 6) is 2.99. The number of hydrogen-bond donors (Lipinski definition) is 0. The average molecular weight is 288 g/mol. The second-order valence-corrected chi connectivity index (χ2v) is 7.05. The summed E-state index contributed by atoms with van der Waals surface area (Å²) in [6, 6.07) is 1.85. The molecule has 0 bridgehead atoms. The van der Waals surface area contributed by atoms with E-state index in [-0.39, 0.29) is 11.2 Å². The molecule has 3 rings (SSSR count). The topological polar surface area (TPSA) is 39.4 Å². The largest absolute Gasteiger partial charge is 0.482 e. The van der Waals surface area contributed by atoms with Crippen molar-refractivity contribution in [3.05, 3.63) is 33.9 Å². The van der Waals surface area contributed by atoms with Gasteiger partial charge in [0.1, 0.15) is 22.7 Å². The third-order valence-electron chi connectivity index (χ3n) is 4.98. The first-order valence-electron chi connectivity index (χ1n) is 7.94. The van der Waals surface area contributed by atoms with E-state index in [1.807, 2.05) is 12.1 Å². The highest BCUT2D eigenvalue weighted by molar-refractivity contribution is 5.60. The number of rotatable bonds is 1. The number of hydrogen-bond acceptors (Lipinski definition) is 3. The van der Waals surface area contributed by atoms with Crippen LogP contribution < -0.4 is 10.4 Å². The van der Waals surface area contributed by atoms with Crippen molar-refractivity contribution in [1.29, 1.82) is 0 Å². The highest BCUT2D eigenvalue weighted by Crippen LogP contribution is 2.47. The van der Waals surface area contributed by atoms with Gasteiger partial charge in [-0.3, -0.25) is 0 Å². The van der Waals surface area contributed by atoms with Gasteiger partial charge in [-0.25, -0.2) is 4.79 Å². The molecule has 3 heteroatoms. The minimum Gasteiger partial charge on any atom is -0.482 e. The summed E-state index contributed by atoms with van der Waals surface area (Å²) in [6.07, 6.45) is 7.48. The molecule has 1 aromatic heterocycles. The Hall–Kier alpha value is -1.51. The predicted molar refractivity (Wildman–Crippen MR) is 83.5 cm³/mol. The standard InChI is InChI=1S/C18H24O3/c1-11(2)15-6-5-12(3)10-18(15)8-7-14-16(21-18)9-13(4)20-17(14)19/h7-9,11-12,15H,5-6,10H2,1-4H3/t12-,15+,18+/m0/s1. The molecule has 1 aromatic rings. The molecule has 1 spiro atoms. The van der Waals surface area contributed by atoms with Crippen LogP contribution in [0.1, 0.15) is 51.4 Å². The minimum absolute atomic E-state index is 0.265. The summed E-state index contributed by atoms with van der Waals surface area (Å²) in [4.78, 5) is 11.9. The molecule has 21 heavy (non-hydrogen) atoms. The van der Waals surface area contributed by atoms with Crippen molar-refractivity contribution in [3.63, 3.8) is 0 Å². The molecular formula is C18H24O3. The average Bonchev–Trinajstić information content (AvgIpc) is 2.37. The summed E-state index contributed by atoms with van der Waals surface area (Å²) in [7, 11) is 0. The monoisotopic (exact) mass is 288 g/mol. The highest BCUT2D eigenvalue weighted by atomic mass is 16.5. The van der Waals surface area contributed by atoms with Gasteiger partial charge in [0.05, 0.1) is 0 Å².